The molecule has 0 rings (SSSR count). The second-order valence-corrected chi connectivity index (χ2v) is 2.88. The molecule has 0 fully saturated rings. The average molecular weight is 151 g/mol. The van der Waals surface area contributed by atoms with Gasteiger partial charge in [0.2, 0.25) is 0 Å². The van der Waals surface area contributed by atoms with Gasteiger partial charge >= 0.3 is 0 Å². The smallest absolute Gasteiger partial charge is 0.0401 e. The molecule has 1 nitrogen and oxygen atoms in total. The van der Waals surface area contributed by atoms with Crippen LogP contribution in [0.15, 0.2) is 29.4 Å². The average Bonchev–Trinajstić information content (AvgIpc) is 1.98. The highest BCUT2D eigenvalue weighted by Gasteiger charge is 2.01. The normalized spacial score (nSPS) is 13.0. The number of hydrogen-bond donors (Lipinski definition) is 0. The van der Waals surface area contributed by atoms with Crippen LogP contribution in [0.3, 0.4) is 0 Å². The van der Waals surface area contributed by atoms with E-state index in [1.807, 2.05) is 19.9 Å². The van der Waals surface area contributed by atoms with Gasteiger partial charge < -0.3 is 0 Å². The van der Waals surface area contributed by atoms with Gasteiger partial charge in [-0.15, -0.1) is 0 Å². The van der Waals surface area contributed by atoms with E-state index in [4.69, 9.17) is 0 Å². The molecule has 0 saturated carbocycles. The number of aliphatic imine (C=N–C) groups is 1. The van der Waals surface area contributed by atoms with Crippen molar-refractivity contribution in [2.24, 2.45) is 10.9 Å². The lowest BCUT2D eigenvalue weighted by atomic mass is 10.0. The molecular formula is C10H17N. The van der Waals surface area contributed by atoms with Gasteiger partial charge in [-0.2, -0.15) is 0 Å². The van der Waals surface area contributed by atoms with Crippen molar-refractivity contribution >= 4 is 5.71 Å². The van der Waals surface area contributed by atoms with E-state index < -0.39 is 0 Å². The van der Waals surface area contributed by atoms with Crippen LogP contribution < -0.4 is 0 Å². The predicted molar refractivity (Wildman–Crippen MR) is 51.9 cm³/mol. The van der Waals surface area contributed by atoms with Gasteiger partial charge in [-0.05, 0) is 25.3 Å². The molecule has 0 N–H and O–H groups in total. The van der Waals surface area contributed by atoms with Gasteiger partial charge in [0.1, 0.15) is 0 Å². The summed E-state index contributed by atoms with van der Waals surface area (Å²) in [6.45, 7) is 12.1. The molecule has 0 aliphatic carbocycles. The third-order valence-electron chi connectivity index (χ3n) is 1.58. The van der Waals surface area contributed by atoms with E-state index in [9.17, 15) is 0 Å². The lowest BCUT2D eigenvalue weighted by Crippen LogP contribution is -2.02. The van der Waals surface area contributed by atoms with Gasteiger partial charge in [-0.25, -0.2) is 0 Å². The molecule has 0 aromatic heterocycles. The molecule has 0 bridgehead atoms. The third-order valence-corrected chi connectivity index (χ3v) is 1.58. The molecule has 0 atom stereocenters. The SMILES string of the molecule is C=C(C(C)=N/C=C\C)C(C)C. The largest absolute Gasteiger partial charge is 0.262 e. The first-order chi connectivity index (χ1) is 5.09. The molecule has 0 radical (unpaired) electrons. The Morgan fingerprint density at radius 1 is 1.45 bits per heavy atom. The minimum absolute atomic E-state index is 0.490. The Morgan fingerprint density at radius 3 is 2.36 bits per heavy atom. The van der Waals surface area contributed by atoms with Crippen LogP contribution in [0.1, 0.15) is 27.7 Å². The zero-order chi connectivity index (χ0) is 8.85. The number of nitrogens with zero attached hydrogens (tertiary/aromatic N) is 1. The van der Waals surface area contributed by atoms with Crippen LogP contribution in [0.25, 0.3) is 0 Å². The minimum Gasteiger partial charge on any atom is -0.262 e. The monoisotopic (exact) mass is 151 g/mol. The molecule has 0 aromatic rings. The van der Waals surface area contributed by atoms with Crippen LogP contribution in [0.2, 0.25) is 0 Å². The van der Waals surface area contributed by atoms with Crippen molar-refractivity contribution in [3.05, 3.63) is 24.4 Å². The van der Waals surface area contributed by atoms with Crippen molar-refractivity contribution in [1.82, 2.24) is 0 Å². The molecule has 0 aliphatic rings. The summed E-state index contributed by atoms with van der Waals surface area (Å²) in [6, 6.07) is 0. The quantitative estimate of drug-likeness (QED) is 0.549. The Hall–Kier alpha value is -0.850. The number of rotatable bonds is 3. The fourth-order valence-corrected chi connectivity index (χ4v) is 0.687. The third kappa shape index (κ3) is 3.76. The Balaban J connectivity index is 4.24. The minimum atomic E-state index is 0.490. The van der Waals surface area contributed by atoms with Gasteiger partial charge in [0, 0.05) is 11.9 Å². The Bertz CT molecular complexity index is 185. The van der Waals surface area contributed by atoms with Crippen LogP contribution in [0.4, 0.5) is 0 Å². The van der Waals surface area contributed by atoms with Gasteiger partial charge in [-0.1, -0.05) is 26.5 Å². The van der Waals surface area contributed by atoms with Crippen molar-refractivity contribution in [3.8, 4) is 0 Å². The molecule has 0 spiro atoms. The van der Waals surface area contributed by atoms with Crippen LogP contribution >= 0.6 is 0 Å². The van der Waals surface area contributed by atoms with Crippen molar-refractivity contribution in [1.29, 1.82) is 0 Å². The first-order valence-corrected chi connectivity index (χ1v) is 3.94. The standard InChI is InChI=1S/C10H17N/c1-6-7-11-10(5)9(4)8(2)3/h6-8H,4H2,1-3,5H3/b7-6-,11-10?. The van der Waals surface area contributed by atoms with Crippen LogP contribution in [0, 0.1) is 5.92 Å². The van der Waals surface area contributed by atoms with E-state index in [2.05, 4.69) is 25.4 Å². The van der Waals surface area contributed by atoms with Crippen LogP contribution in [-0.4, -0.2) is 5.71 Å². The zero-order valence-corrected chi connectivity index (χ0v) is 7.89. The molecule has 0 aliphatic heterocycles. The summed E-state index contributed by atoms with van der Waals surface area (Å²) in [5, 5.41) is 0. The maximum atomic E-state index is 4.20. The zero-order valence-electron chi connectivity index (χ0n) is 7.89. The molecule has 0 heterocycles. The highest BCUT2D eigenvalue weighted by Crippen LogP contribution is 2.08. The van der Waals surface area contributed by atoms with Crippen molar-refractivity contribution in [2.45, 2.75) is 27.7 Å². The van der Waals surface area contributed by atoms with Crippen molar-refractivity contribution in [3.63, 3.8) is 0 Å². The van der Waals surface area contributed by atoms with Crippen molar-refractivity contribution in [2.75, 3.05) is 0 Å². The summed E-state index contributed by atoms with van der Waals surface area (Å²) < 4.78 is 0. The molecule has 0 aromatic carbocycles. The van der Waals surface area contributed by atoms with Crippen molar-refractivity contribution < 1.29 is 0 Å². The molecular weight excluding hydrogens is 134 g/mol. The number of allylic oxidation sites excluding steroid dienone is 2. The summed E-state index contributed by atoms with van der Waals surface area (Å²) in [5.74, 6) is 0.490. The summed E-state index contributed by atoms with van der Waals surface area (Å²) in [4.78, 5) is 4.20. The molecule has 11 heavy (non-hydrogen) atoms. The lowest BCUT2D eigenvalue weighted by molar-refractivity contribution is 0.805. The fourth-order valence-electron chi connectivity index (χ4n) is 0.687. The fraction of sp³-hybridized carbons (Fsp3) is 0.500. The first-order valence-electron chi connectivity index (χ1n) is 3.94. The van der Waals surface area contributed by atoms with Gasteiger partial charge in [-0.3, -0.25) is 4.99 Å². The summed E-state index contributed by atoms with van der Waals surface area (Å²) >= 11 is 0. The second-order valence-electron chi connectivity index (χ2n) is 2.88. The van der Waals surface area contributed by atoms with Crippen LogP contribution in [-0.2, 0) is 0 Å². The summed E-state index contributed by atoms with van der Waals surface area (Å²) in [6.07, 6.45) is 3.71. The van der Waals surface area contributed by atoms with Gasteiger partial charge in [0.05, 0.1) is 0 Å². The number of hydrogen-bond acceptors (Lipinski definition) is 1. The topological polar surface area (TPSA) is 12.4 Å². The Morgan fingerprint density at radius 2 is 2.00 bits per heavy atom. The first kappa shape index (κ1) is 10.2. The summed E-state index contributed by atoms with van der Waals surface area (Å²) in [7, 11) is 0. The maximum Gasteiger partial charge on any atom is 0.0401 e. The molecule has 62 valence electrons. The van der Waals surface area contributed by atoms with E-state index in [0.29, 0.717) is 5.92 Å². The summed E-state index contributed by atoms with van der Waals surface area (Å²) in [5.41, 5.74) is 2.14. The maximum absolute atomic E-state index is 4.20. The van der Waals surface area contributed by atoms with Gasteiger partial charge in [0.15, 0.2) is 0 Å². The molecule has 1 heteroatoms. The molecule has 0 saturated heterocycles. The lowest BCUT2D eigenvalue weighted by Gasteiger charge is -2.06. The van der Waals surface area contributed by atoms with E-state index >= 15 is 0 Å². The highest BCUT2D eigenvalue weighted by atomic mass is 14.7. The molecule has 0 amide bonds. The predicted octanol–water partition coefficient (Wildman–Crippen LogP) is 3.19. The van der Waals surface area contributed by atoms with Crippen LogP contribution in [0.5, 0.6) is 0 Å². The molecule has 0 unspecified atom stereocenters. The van der Waals surface area contributed by atoms with E-state index in [1.165, 1.54) is 0 Å². The Kier molecular flexibility index (Phi) is 4.51. The van der Waals surface area contributed by atoms with E-state index in [0.717, 1.165) is 11.3 Å². The van der Waals surface area contributed by atoms with E-state index in [-0.39, 0.29) is 0 Å². The van der Waals surface area contributed by atoms with E-state index in [1.54, 1.807) is 6.20 Å². The van der Waals surface area contributed by atoms with Gasteiger partial charge in [0.25, 0.3) is 0 Å². The Labute approximate surface area is 69.5 Å². The second kappa shape index (κ2) is 4.89. The highest BCUT2D eigenvalue weighted by molar-refractivity contribution is 5.98.